The fourth-order valence-electron chi connectivity index (χ4n) is 0.782. The summed E-state index contributed by atoms with van der Waals surface area (Å²) in [6.45, 7) is 1.89. The largest absolute Gasteiger partial charge is 0.389 e. The summed E-state index contributed by atoms with van der Waals surface area (Å²) < 4.78 is 34.8. The van der Waals surface area contributed by atoms with Gasteiger partial charge in [-0.3, -0.25) is 0 Å². The lowest BCUT2D eigenvalue weighted by Gasteiger charge is -2.11. The predicted octanol–water partition coefficient (Wildman–Crippen LogP) is 1.92. The number of nitrogens with two attached hydrogens (primary N) is 1. The van der Waals surface area contributed by atoms with E-state index in [2.05, 4.69) is 0 Å². The van der Waals surface area contributed by atoms with Crippen molar-refractivity contribution in [2.45, 2.75) is 25.9 Å². The summed E-state index contributed by atoms with van der Waals surface area (Å²) in [4.78, 5) is 0. The summed E-state index contributed by atoms with van der Waals surface area (Å²) in [6, 6.07) is 0. The number of halogens is 3. The van der Waals surface area contributed by atoms with Crippen LogP contribution in [0.3, 0.4) is 0 Å². The Bertz CT molecular complexity index is 89.5. The van der Waals surface area contributed by atoms with Gasteiger partial charge >= 0.3 is 6.18 Å². The summed E-state index contributed by atoms with van der Waals surface area (Å²) in [5, 5.41) is 0. The Morgan fingerprint density at radius 3 is 2.20 bits per heavy atom. The Morgan fingerprint density at radius 2 is 1.90 bits per heavy atom. The average molecular weight is 155 g/mol. The van der Waals surface area contributed by atoms with Gasteiger partial charge in [0.2, 0.25) is 0 Å². The molecule has 0 heterocycles. The van der Waals surface area contributed by atoms with Crippen LogP contribution in [0.1, 0.15) is 19.8 Å². The molecule has 0 aromatic heterocycles. The van der Waals surface area contributed by atoms with E-state index in [1.807, 2.05) is 0 Å². The molecule has 10 heavy (non-hydrogen) atoms. The molecule has 0 aliphatic rings. The molecule has 0 bridgehead atoms. The molecule has 0 fully saturated rings. The summed E-state index contributed by atoms with van der Waals surface area (Å²) >= 11 is 0. The van der Waals surface area contributed by atoms with Crippen LogP contribution in [-0.4, -0.2) is 12.7 Å². The third-order valence-corrected chi connectivity index (χ3v) is 1.24. The number of rotatable bonds is 3. The van der Waals surface area contributed by atoms with Crippen molar-refractivity contribution in [1.29, 1.82) is 0 Å². The SMILES string of the molecule is CC(CCN)CC(F)(F)F. The van der Waals surface area contributed by atoms with E-state index >= 15 is 0 Å². The molecular formula is C6H12F3N. The predicted molar refractivity (Wildman–Crippen MR) is 33.5 cm³/mol. The highest BCUT2D eigenvalue weighted by atomic mass is 19.4. The maximum Gasteiger partial charge on any atom is 0.389 e. The fourth-order valence-corrected chi connectivity index (χ4v) is 0.782. The van der Waals surface area contributed by atoms with Gasteiger partial charge < -0.3 is 5.73 Å². The first-order chi connectivity index (χ1) is 4.45. The van der Waals surface area contributed by atoms with E-state index in [0.29, 0.717) is 13.0 Å². The Labute approximate surface area is 58.4 Å². The molecule has 0 amide bonds. The second-order valence-corrected chi connectivity index (χ2v) is 2.50. The van der Waals surface area contributed by atoms with Crippen molar-refractivity contribution in [2.75, 3.05) is 6.54 Å². The highest BCUT2D eigenvalue weighted by molar-refractivity contribution is 4.59. The van der Waals surface area contributed by atoms with Crippen LogP contribution < -0.4 is 5.73 Å². The Kier molecular flexibility index (Phi) is 3.71. The van der Waals surface area contributed by atoms with Crippen LogP contribution in [0.25, 0.3) is 0 Å². The molecular weight excluding hydrogens is 143 g/mol. The lowest BCUT2D eigenvalue weighted by molar-refractivity contribution is -0.143. The topological polar surface area (TPSA) is 26.0 Å². The molecule has 0 rings (SSSR count). The van der Waals surface area contributed by atoms with E-state index in [1.165, 1.54) is 0 Å². The van der Waals surface area contributed by atoms with Gasteiger partial charge in [-0.2, -0.15) is 13.2 Å². The molecule has 0 saturated carbocycles. The van der Waals surface area contributed by atoms with E-state index < -0.39 is 12.6 Å². The number of hydrogen-bond acceptors (Lipinski definition) is 1. The monoisotopic (exact) mass is 155 g/mol. The van der Waals surface area contributed by atoms with Crippen molar-refractivity contribution in [3.8, 4) is 0 Å². The number of hydrogen-bond donors (Lipinski definition) is 1. The van der Waals surface area contributed by atoms with Gasteiger partial charge in [-0.25, -0.2) is 0 Å². The van der Waals surface area contributed by atoms with Crippen LogP contribution in [0.4, 0.5) is 13.2 Å². The van der Waals surface area contributed by atoms with Crippen molar-refractivity contribution in [2.24, 2.45) is 11.7 Å². The normalized spacial score (nSPS) is 15.3. The molecule has 1 unspecified atom stereocenters. The molecule has 2 N–H and O–H groups in total. The van der Waals surface area contributed by atoms with E-state index in [4.69, 9.17) is 5.73 Å². The lowest BCUT2D eigenvalue weighted by atomic mass is 10.0. The third-order valence-electron chi connectivity index (χ3n) is 1.24. The Hall–Kier alpha value is -0.250. The second-order valence-electron chi connectivity index (χ2n) is 2.50. The zero-order valence-electron chi connectivity index (χ0n) is 5.91. The van der Waals surface area contributed by atoms with Crippen LogP contribution in [0.15, 0.2) is 0 Å². The lowest BCUT2D eigenvalue weighted by Crippen LogP contribution is -2.15. The molecule has 0 spiro atoms. The van der Waals surface area contributed by atoms with Crippen molar-refractivity contribution >= 4 is 0 Å². The summed E-state index contributed by atoms with van der Waals surface area (Å²) in [5.74, 6) is -0.343. The molecule has 1 atom stereocenters. The Balaban J connectivity index is 3.47. The van der Waals surface area contributed by atoms with Crippen molar-refractivity contribution in [3.05, 3.63) is 0 Å². The molecule has 0 aliphatic carbocycles. The molecule has 0 aromatic rings. The van der Waals surface area contributed by atoms with Crippen LogP contribution in [0.5, 0.6) is 0 Å². The van der Waals surface area contributed by atoms with E-state index in [-0.39, 0.29) is 5.92 Å². The fraction of sp³-hybridized carbons (Fsp3) is 1.00. The first-order valence-corrected chi connectivity index (χ1v) is 3.22. The summed E-state index contributed by atoms with van der Waals surface area (Å²) in [5.41, 5.74) is 5.08. The highest BCUT2D eigenvalue weighted by Crippen LogP contribution is 2.25. The van der Waals surface area contributed by atoms with Crippen molar-refractivity contribution in [3.63, 3.8) is 0 Å². The highest BCUT2D eigenvalue weighted by Gasteiger charge is 2.29. The molecule has 0 aliphatic heterocycles. The van der Waals surface area contributed by atoms with Crippen LogP contribution >= 0.6 is 0 Å². The van der Waals surface area contributed by atoms with Crippen LogP contribution in [-0.2, 0) is 0 Å². The quantitative estimate of drug-likeness (QED) is 0.662. The molecule has 0 saturated heterocycles. The van der Waals surface area contributed by atoms with Gasteiger partial charge in [0.25, 0.3) is 0 Å². The minimum Gasteiger partial charge on any atom is -0.330 e. The summed E-state index contributed by atoms with van der Waals surface area (Å²) in [7, 11) is 0. The maximum absolute atomic E-state index is 11.6. The van der Waals surface area contributed by atoms with E-state index in [0.717, 1.165) is 0 Å². The molecule has 0 radical (unpaired) electrons. The van der Waals surface area contributed by atoms with Crippen molar-refractivity contribution < 1.29 is 13.2 Å². The maximum atomic E-state index is 11.6. The van der Waals surface area contributed by atoms with Gasteiger partial charge in [0, 0.05) is 6.42 Å². The summed E-state index contributed by atoms with van der Waals surface area (Å²) in [6.07, 6.45) is -4.31. The molecule has 0 aromatic carbocycles. The van der Waals surface area contributed by atoms with Gasteiger partial charge in [-0.1, -0.05) is 6.92 Å². The van der Waals surface area contributed by atoms with Gasteiger partial charge in [-0.15, -0.1) is 0 Å². The smallest absolute Gasteiger partial charge is 0.330 e. The third kappa shape index (κ3) is 5.88. The Morgan fingerprint density at radius 1 is 1.40 bits per heavy atom. The van der Waals surface area contributed by atoms with E-state index in [9.17, 15) is 13.2 Å². The number of alkyl halides is 3. The molecule has 4 heteroatoms. The van der Waals surface area contributed by atoms with Crippen molar-refractivity contribution in [1.82, 2.24) is 0 Å². The molecule has 62 valence electrons. The van der Waals surface area contributed by atoms with Crippen LogP contribution in [0.2, 0.25) is 0 Å². The first-order valence-electron chi connectivity index (χ1n) is 3.22. The first kappa shape index (κ1) is 9.75. The zero-order chi connectivity index (χ0) is 8.20. The molecule has 1 nitrogen and oxygen atoms in total. The van der Waals surface area contributed by atoms with Crippen LogP contribution in [0, 0.1) is 5.92 Å². The van der Waals surface area contributed by atoms with Gasteiger partial charge in [0.15, 0.2) is 0 Å². The second kappa shape index (κ2) is 3.81. The van der Waals surface area contributed by atoms with E-state index in [1.54, 1.807) is 6.92 Å². The van der Waals surface area contributed by atoms with Gasteiger partial charge in [-0.05, 0) is 18.9 Å². The minimum absolute atomic E-state index is 0.331. The van der Waals surface area contributed by atoms with Gasteiger partial charge in [0.05, 0.1) is 0 Å². The minimum atomic E-state index is -4.03. The standard InChI is InChI=1S/C6H12F3N/c1-5(2-3-10)4-6(7,8)9/h5H,2-4,10H2,1H3. The average Bonchev–Trinajstić information content (AvgIpc) is 1.59. The zero-order valence-corrected chi connectivity index (χ0v) is 5.91. The van der Waals surface area contributed by atoms with Gasteiger partial charge in [0.1, 0.15) is 0 Å².